The van der Waals surface area contributed by atoms with Gasteiger partial charge in [-0.05, 0) is 42.3 Å². The van der Waals surface area contributed by atoms with E-state index in [1.54, 1.807) is 37.4 Å². The Morgan fingerprint density at radius 1 is 1.24 bits per heavy atom. The van der Waals surface area contributed by atoms with E-state index >= 15 is 0 Å². The number of rotatable bonds is 4. The van der Waals surface area contributed by atoms with Gasteiger partial charge in [0.15, 0.2) is 0 Å². The van der Waals surface area contributed by atoms with Crippen LogP contribution in [0.1, 0.15) is 28.5 Å². The summed E-state index contributed by atoms with van der Waals surface area (Å²) in [5.41, 5.74) is 0.965. The predicted molar refractivity (Wildman–Crippen MR) is 102 cm³/mol. The van der Waals surface area contributed by atoms with Crippen molar-refractivity contribution in [3.8, 4) is 0 Å². The number of pyridine rings is 1. The molecule has 7 heteroatoms. The fourth-order valence-electron chi connectivity index (χ4n) is 3.39. The Bertz CT molecular complexity index is 1110. The van der Waals surface area contributed by atoms with Crippen molar-refractivity contribution in [3.63, 3.8) is 0 Å². The standard InChI is InChI=1S/C22H17FN2O4/c1-13-6-7-14(10-17(13)23)20(26)18-19(15-4-2-8-24-11-15)25(22(28)21(18)27)12-16-5-3-9-29-16/h2-11,19,26H,12H2,1H3/b20-18+. The summed E-state index contributed by atoms with van der Waals surface area (Å²) in [5.74, 6) is -2.08. The molecule has 0 bridgehead atoms. The topological polar surface area (TPSA) is 83.6 Å². The number of carbonyl (C=O) groups excluding carboxylic acids is 2. The summed E-state index contributed by atoms with van der Waals surface area (Å²) in [6.07, 6.45) is 4.56. The molecular formula is C22H17FN2O4. The minimum absolute atomic E-state index is 0.0379. The van der Waals surface area contributed by atoms with Gasteiger partial charge >= 0.3 is 0 Å². The number of hydrogen-bond acceptors (Lipinski definition) is 5. The van der Waals surface area contributed by atoms with Gasteiger partial charge in [-0.1, -0.05) is 18.2 Å². The number of benzene rings is 1. The van der Waals surface area contributed by atoms with E-state index in [4.69, 9.17) is 4.42 Å². The van der Waals surface area contributed by atoms with Gasteiger partial charge < -0.3 is 14.4 Å². The average molecular weight is 392 g/mol. The van der Waals surface area contributed by atoms with Crippen LogP contribution in [0.2, 0.25) is 0 Å². The molecule has 3 heterocycles. The van der Waals surface area contributed by atoms with E-state index in [1.807, 2.05) is 0 Å². The summed E-state index contributed by atoms with van der Waals surface area (Å²) < 4.78 is 19.4. The molecule has 4 rings (SSSR count). The molecule has 1 aliphatic heterocycles. The van der Waals surface area contributed by atoms with Crippen molar-refractivity contribution < 1.29 is 23.5 Å². The van der Waals surface area contributed by atoms with Gasteiger partial charge in [-0.2, -0.15) is 0 Å². The van der Waals surface area contributed by atoms with Gasteiger partial charge in [0.05, 0.1) is 24.4 Å². The Labute approximate surface area is 165 Å². The first-order valence-electron chi connectivity index (χ1n) is 8.94. The molecule has 1 saturated heterocycles. The van der Waals surface area contributed by atoms with Gasteiger partial charge in [0.25, 0.3) is 11.7 Å². The van der Waals surface area contributed by atoms with E-state index in [0.29, 0.717) is 16.9 Å². The number of amides is 1. The summed E-state index contributed by atoms with van der Waals surface area (Å²) in [4.78, 5) is 31.0. The number of Topliss-reactive ketones (excluding diaryl/α,β-unsaturated/α-hetero) is 1. The fraction of sp³-hybridized carbons (Fsp3) is 0.136. The number of aryl methyl sites for hydroxylation is 1. The monoisotopic (exact) mass is 392 g/mol. The second-order valence-electron chi connectivity index (χ2n) is 6.76. The number of likely N-dealkylation sites (tertiary alicyclic amines) is 1. The number of carbonyl (C=O) groups is 2. The molecule has 1 N–H and O–H groups in total. The summed E-state index contributed by atoms with van der Waals surface area (Å²) >= 11 is 0. The van der Waals surface area contributed by atoms with E-state index in [9.17, 15) is 19.1 Å². The van der Waals surface area contributed by atoms with Crippen molar-refractivity contribution in [2.45, 2.75) is 19.5 Å². The van der Waals surface area contributed by atoms with Gasteiger partial charge in [-0.3, -0.25) is 14.6 Å². The quantitative estimate of drug-likeness (QED) is 0.415. The van der Waals surface area contributed by atoms with Gasteiger partial charge in [0, 0.05) is 18.0 Å². The van der Waals surface area contributed by atoms with Crippen LogP contribution in [0.5, 0.6) is 0 Å². The Morgan fingerprint density at radius 3 is 2.72 bits per heavy atom. The Balaban J connectivity index is 1.87. The number of aromatic nitrogens is 1. The second kappa shape index (κ2) is 7.35. The third-order valence-electron chi connectivity index (χ3n) is 4.89. The van der Waals surface area contributed by atoms with Crippen LogP contribution >= 0.6 is 0 Å². The zero-order valence-electron chi connectivity index (χ0n) is 15.5. The predicted octanol–water partition coefficient (Wildman–Crippen LogP) is 3.74. The van der Waals surface area contributed by atoms with Crippen LogP contribution in [-0.4, -0.2) is 26.7 Å². The zero-order chi connectivity index (χ0) is 20.5. The van der Waals surface area contributed by atoms with Crippen molar-refractivity contribution >= 4 is 17.4 Å². The number of aliphatic hydroxyl groups excluding tert-OH is 1. The molecule has 29 heavy (non-hydrogen) atoms. The van der Waals surface area contributed by atoms with Crippen LogP contribution in [0, 0.1) is 12.7 Å². The van der Waals surface area contributed by atoms with Crippen molar-refractivity contribution in [2.75, 3.05) is 0 Å². The Morgan fingerprint density at radius 2 is 2.07 bits per heavy atom. The first-order chi connectivity index (χ1) is 14.0. The van der Waals surface area contributed by atoms with Crippen molar-refractivity contribution in [1.29, 1.82) is 0 Å². The first-order valence-corrected chi connectivity index (χ1v) is 8.94. The van der Waals surface area contributed by atoms with E-state index in [1.165, 1.54) is 29.5 Å². The molecule has 1 amide bonds. The summed E-state index contributed by atoms with van der Waals surface area (Å²) in [7, 11) is 0. The normalized spacial score (nSPS) is 18.4. The highest BCUT2D eigenvalue weighted by Gasteiger charge is 2.46. The third-order valence-corrected chi connectivity index (χ3v) is 4.89. The SMILES string of the molecule is Cc1ccc(/C(O)=C2\C(=O)C(=O)N(Cc3ccco3)C2c2cccnc2)cc1F. The molecule has 0 radical (unpaired) electrons. The van der Waals surface area contributed by atoms with Crippen molar-refractivity contribution in [1.82, 2.24) is 9.88 Å². The minimum Gasteiger partial charge on any atom is -0.507 e. The van der Waals surface area contributed by atoms with Crippen LogP contribution in [-0.2, 0) is 16.1 Å². The lowest BCUT2D eigenvalue weighted by Gasteiger charge is -2.24. The van der Waals surface area contributed by atoms with Crippen molar-refractivity contribution in [2.24, 2.45) is 0 Å². The number of halogens is 1. The molecule has 6 nitrogen and oxygen atoms in total. The largest absolute Gasteiger partial charge is 0.507 e. The summed E-state index contributed by atoms with van der Waals surface area (Å²) in [6, 6.07) is 10.0. The van der Waals surface area contributed by atoms with Gasteiger partial charge in [-0.25, -0.2) is 4.39 Å². The molecule has 2 aromatic heterocycles. The highest BCUT2D eigenvalue weighted by Crippen LogP contribution is 2.40. The van der Waals surface area contributed by atoms with E-state index in [-0.39, 0.29) is 17.7 Å². The van der Waals surface area contributed by atoms with Crippen LogP contribution < -0.4 is 0 Å². The lowest BCUT2D eigenvalue weighted by atomic mass is 9.96. The van der Waals surface area contributed by atoms with Gasteiger partial charge in [0.1, 0.15) is 17.3 Å². The van der Waals surface area contributed by atoms with Crippen LogP contribution in [0.4, 0.5) is 4.39 Å². The number of hydrogen-bond donors (Lipinski definition) is 1. The molecular weight excluding hydrogens is 375 g/mol. The highest BCUT2D eigenvalue weighted by atomic mass is 19.1. The Kier molecular flexibility index (Phi) is 4.72. The maximum absolute atomic E-state index is 14.0. The third kappa shape index (κ3) is 3.31. The fourth-order valence-corrected chi connectivity index (χ4v) is 3.39. The average Bonchev–Trinajstić information content (AvgIpc) is 3.32. The molecule has 1 unspecified atom stereocenters. The summed E-state index contributed by atoms with van der Waals surface area (Å²) in [5, 5.41) is 10.9. The molecule has 1 aromatic carbocycles. The first kappa shape index (κ1) is 18.6. The molecule has 0 aliphatic carbocycles. The zero-order valence-corrected chi connectivity index (χ0v) is 15.5. The van der Waals surface area contributed by atoms with E-state index in [0.717, 1.165) is 6.07 Å². The van der Waals surface area contributed by atoms with Gasteiger partial charge in [0.2, 0.25) is 0 Å². The van der Waals surface area contributed by atoms with Crippen LogP contribution in [0.15, 0.2) is 71.1 Å². The highest BCUT2D eigenvalue weighted by molar-refractivity contribution is 6.46. The molecule has 1 aliphatic rings. The molecule has 1 atom stereocenters. The summed E-state index contributed by atoms with van der Waals surface area (Å²) in [6.45, 7) is 1.63. The Hall–Kier alpha value is -3.74. The lowest BCUT2D eigenvalue weighted by molar-refractivity contribution is -0.140. The molecule has 1 fully saturated rings. The van der Waals surface area contributed by atoms with Crippen molar-refractivity contribution in [3.05, 3.63) is 95.0 Å². The molecule has 0 spiro atoms. The van der Waals surface area contributed by atoms with E-state index in [2.05, 4.69) is 4.98 Å². The molecule has 0 saturated carbocycles. The number of aliphatic hydroxyl groups is 1. The minimum atomic E-state index is -0.877. The smallest absolute Gasteiger partial charge is 0.296 e. The number of nitrogens with zero attached hydrogens (tertiary/aromatic N) is 2. The maximum atomic E-state index is 14.0. The van der Waals surface area contributed by atoms with Crippen LogP contribution in [0.3, 0.4) is 0 Å². The number of ketones is 1. The lowest BCUT2D eigenvalue weighted by Crippen LogP contribution is -2.29. The maximum Gasteiger partial charge on any atom is 0.296 e. The molecule has 3 aromatic rings. The second-order valence-corrected chi connectivity index (χ2v) is 6.76. The van der Waals surface area contributed by atoms with Gasteiger partial charge in [-0.15, -0.1) is 0 Å². The van der Waals surface area contributed by atoms with Crippen LogP contribution in [0.25, 0.3) is 5.76 Å². The number of furan rings is 1. The van der Waals surface area contributed by atoms with E-state index < -0.39 is 29.3 Å². The molecule has 146 valence electrons.